The molecule has 104 valence electrons. The number of benzene rings is 2. The van der Waals surface area contributed by atoms with Crippen LogP contribution in [0.15, 0.2) is 40.9 Å². The minimum Gasteiger partial charge on any atom is -0.485 e. The monoisotopic (exact) mass is 335 g/mol. The molecule has 20 heavy (non-hydrogen) atoms. The molecule has 0 spiro atoms. The van der Waals surface area contributed by atoms with Crippen LogP contribution in [0.4, 0.5) is 4.39 Å². The van der Waals surface area contributed by atoms with Crippen LogP contribution in [-0.4, -0.2) is 0 Å². The molecule has 2 aromatic carbocycles. The van der Waals surface area contributed by atoms with E-state index in [9.17, 15) is 4.39 Å². The van der Waals surface area contributed by atoms with Gasteiger partial charge in [-0.25, -0.2) is 4.39 Å². The fourth-order valence-electron chi connectivity index (χ4n) is 2.56. The Hall–Kier alpha value is -1.39. The highest BCUT2D eigenvalue weighted by atomic mass is 79.9. The maximum atomic E-state index is 13.3. The van der Waals surface area contributed by atoms with Crippen molar-refractivity contribution < 1.29 is 9.13 Å². The first kappa shape index (κ1) is 13.6. The van der Waals surface area contributed by atoms with Crippen LogP contribution in [0.1, 0.15) is 35.3 Å². The number of rotatable bonds is 1. The summed E-state index contributed by atoms with van der Waals surface area (Å²) in [6.07, 6.45) is 0.524. The molecule has 0 saturated heterocycles. The standard InChI is InChI=1S/C16H15BrFNO/c1-9-2-4-11(13(17)6-9)16-8-14(19)12-7-10(18)3-5-15(12)20-16/h2-7,14,16H,8,19H2,1H3/t14-,16?/m1/s1. The van der Waals surface area contributed by atoms with Gasteiger partial charge >= 0.3 is 0 Å². The Bertz CT molecular complexity index is 659. The Morgan fingerprint density at radius 1 is 1.20 bits per heavy atom. The maximum Gasteiger partial charge on any atom is 0.127 e. The fourth-order valence-corrected chi connectivity index (χ4v) is 3.31. The first-order valence-electron chi connectivity index (χ1n) is 6.52. The lowest BCUT2D eigenvalue weighted by molar-refractivity contribution is 0.160. The van der Waals surface area contributed by atoms with Gasteiger partial charge in [-0.1, -0.05) is 28.1 Å². The van der Waals surface area contributed by atoms with Crippen molar-refractivity contribution in [3.05, 3.63) is 63.4 Å². The molecular weight excluding hydrogens is 321 g/mol. The van der Waals surface area contributed by atoms with Crippen molar-refractivity contribution in [3.8, 4) is 5.75 Å². The van der Waals surface area contributed by atoms with Crippen LogP contribution in [0.3, 0.4) is 0 Å². The summed E-state index contributed by atoms with van der Waals surface area (Å²) >= 11 is 3.57. The molecular formula is C16H15BrFNO. The van der Waals surface area contributed by atoms with Crippen LogP contribution in [0.2, 0.25) is 0 Å². The van der Waals surface area contributed by atoms with E-state index in [1.54, 1.807) is 6.07 Å². The second-order valence-corrected chi connectivity index (χ2v) is 6.01. The Morgan fingerprint density at radius 3 is 2.75 bits per heavy atom. The van der Waals surface area contributed by atoms with Gasteiger partial charge in [0.2, 0.25) is 0 Å². The van der Waals surface area contributed by atoms with Crippen molar-refractivity contribution in [2.75, 3.05) is 0 Å². The highest BCUT2D eigenvalue weighted by molar-refractivity contribution is 9.10. The predicted molar refractivity (Wildman–Crippen MR) is 80.2 cm³/mol. The van der Waals surface area contributed by atoms with Crippen LogP contribution in [-0.2, 0) is 0 Å². The summed E-state index contributed by atoms with van der Waals surface area (Å²) in [5.41, 5.74) is 9.16. The summed E-state index contributed by atoms with van der Waals surface area (Å²) in [6, 6.07) is 10.5. The lowest BCUT2D eigenvalue weighted by atomic mass is 9.93. The summed E-state index contributed by atoms with van der Waals surface area (Å²) in [5, 5.41) is 0. The molecule has 2 nitrogen and oxygen atoms in total. The summed E-state index contributed by atoms with van der Waals surface area (Å²) in [6.45, 7) is 2.04. The normalized spacial score (nSPS) is 21.2. The Kier molecular flexibility index (Phi) is 3.52. The van der Waals surface area contributed by atoms with Gasteiger partial charge in [0.15, 0.2) is 0 Å². The average molecular weight is 336 g/mol. The summed E-state index contributed by atoms with van der Waals surface area (Å²) in [5.74, 6) is 0.389. The van der Waals surface area contributed by atoms with Crippen molar-refractivity contribution in [2.45, 2.75) is 25.5 Å². The number of ether oxygens (including phenoxy) is 1. The van der Waals surface area contributed by atoms with Gasteiger partial charge in [0, 0.05) is 28.1 Å². The van der Waals surface area contributed by atoms with E-state index in [2.05, 4.69) is 28.1 Å². The summed E-state index contributed by atoms with van der Waals surface area (Å²) in [4.78, 5) is 0. The quantitative estimate of drug-likeness (QED) is 0.837. The van der Waals surface area contributed by atoms with E-state index in [0.717, 1.165) is 15.6 Å². The zero-order valence-electron chi connectivity index (χ0n) is 11.1. The van der Waals surface area contributed by atoms with Crippen LogP contribution in [0, 0.1) is 12.7 Å². The Morgan fingerprint density at radius 2 is 2.00 bits per heavy atom. The molecule has 2 atom stereocenters. The zero-order chi connectivity index (χ0) is 14.3. The highest BCUT2D eigenvalue weighted by Crippen LogP contribution is 2.41. The topological polar surface area (TPSA) is 35.2 Å². The lowest BCUT2D eigenvalue weighted by Gasteiger charge is -2.31. The molecule has 2 aromatic rings. The van der Waals surface area contributed by atoms with E-state index in [-0.39, 0.29) is 18.0 Å². The molecule has 3 rings (SSSR count). The van der Waals surface area contributed by atoms with Crippen molar-refractivity contribution in [1.82, 2.24) is 0 Å². The number of aryl methyl sites for hydroxylation is 1. The smallest absolute Gasteiger partial charge is 0.127 e. The third-order valence-electron chi connectivity index (χ3n) is 3.61. The zero-order valence-corrected chi connectivity index (χ0v) is 12.7. The summed E-state index contributed by atoms with van der Waals surface area (Å²) in [7, 11) is 0. The van der Waals surface area contributed by atoms with E-state index in [1.165, 1.54) is 17.7 Å². The van der Waals surface area contributed by atoms with Gasteiger partial charge in [-0.3, -0.25) is 0 Å². The number of nitrogens with two attached hydrogens (primary N) is 1. The number of fused-ring (bicyclic) bond motifs is 1. The van der Waals surface area contributed by atoms with Crippen LogP contribution in [0.25, 0.3) is 0 Å². The van der Waals surface area contributed by atoms with Crippen molar-refractivity contribution in [3.63, 3.8) is 0 Å². The van der Waals surface area contributed by atoms with Gasteiger partial charge < -0.3 is 10.5 Å². The van der Waals surface area contributed by atoms with Crippen LogP contribution < -0.4 is 10.5 Å². The Balaban J connectivity index is 1.97. The number of halogens is 2. The lowest BCUT2D eigenvalue weighted by Crippen LogP contribution is -2.24. The van der Waals surface area contributed by atoms with Gasteiger partial charge in [0.05, 0.1) is 0 Å². The third kappa shape index (κ3) is 2.45. The van der Waals surface area contributed by atoms with Gasteiger partial charge in [-0.05, 0) is 36.8 Å². The first-order valence-corrected chi connectivity index (χ1v) is 7.31. The fraction of sp³-hybridized carbons (Fsp3) is 0.250. The van der Waals surface area contributed by atoms with Crippen molar-refractivity contribution in [1.29, 1.82) is 0 Å². The molecule has 1 aliphatic heterocycles. The predicted octanol–water partition coefficient (Wildman–Crippen LogP) is 4.42. The van der Waals surface area contributed by atoms with Gasteiger partial charge in [0.25, 0.3) is 0 Å². The molecule has 1 heterocycles. The Labute approximate surface area is 125 Å². The van der Waals surface area contributed by atoms with E-state index in [0.29, 0.717) is 12.2 Å². The van der Waals surface area contributed by atoms with Gasteiger partial charge in [0.1, 0.15) is 17.7 Å². The van der Waals surface area contributed by atoms with E-state index in [1.807, 2.05) is 13.0 Å². The molecule has 0 saturated carbocycles. The molecule has 1 aliphatic rings. The third-order valence-corrected chi connectivity index (χ3v) is 4.30. The SMILES string of the molecule is Cc1ccc(C2C[C@@H](N)c3cc(F)ccc3O2)c(Br)c1. The number of hydrogen-bond donors (Lipinski definition) is 1. The molecule has 0 radical (unpaired) electrons. The van der Waals surface area contributed by atoms with E-state index >= 15 is 0 Å². The van der Waals surface area contributed by atoms with Crippen LogP contribution in [0.5, 0.6) is 5.75 Å². The molecule has 4 heteroatoms. The molecule has 1 unspecified atom stereocenters. The molecule has 0 bridgehead atoms. The van der Waals surface area contributed by atoms with Crippen molar-refractivity contribution in [2.24, 2.45) is 5.73 Å². The van der Waals surface area contributed by atoms with Crippen molar-refractivity contribution >= 4 is 15.9 Å². The van der Waals surface area contributed by atoms with E-state index in [4.69, 9.17) is 10.5 Å². The van der Waals surface area contributed by atoms with Crippen LogP contribution >= 0.6 is 15.9 Å². The summed E-state index contributed by atoms with van der Waals surface area (Å²) < 4.78 is 20.3. The molecule has 0 amide bonds. The van der Waals surface area contributed by atoms with Gasteiger partial charge in [-0.2, -0.15) is 0 Å². The van der Waals surface area contributed by atoms with Gasteiger partial charge in [-0.15, -0.1) is 0 Å². The molecule has 0 aliphatic carbocycles. The largest absolute Gasteiger partial charge is 0.485 e. The number of hydrogen-bond acceptors (Lipinski definition) is 2. The molecule has 0 aromatic heterocycles. The maximum absolute atomic E-state index is 13.3. The molecule has 2 N–H and O–H groups in total. The first-order chi connectivity index (χ1) is 9.54. The van der Waals surface area contributed by atoms with E-state index < -0.39 is 0 Å². The average Bonchev–Trinajstić information content (AvgIpc) is 2.39. The second-order valence-electron chi connectivity index (χ2n) is 5.16. The highest BCUT2D eigenvalue weighted by Gasteiger charge is 2.28. The minimum atomic E-state index is -0.280. The second kappa shape index (κ2) is 5.19. The molecule has 0 fully saturated rings. The minimum absolute atomic E-state index is 0.113.